The number of nitrogens with one attached hydrogen (secondary N) is 1. The second-order valence-electron chi connectivity index (χ2n) is 6.17. The monoisotopic (exact) mass is 283 g/mol. The van der Waals surface area contributed by atoms with Gasteiger partial charge in [-0.3, -0.25) is 0 Å². The summed E-state index contributed by atoms with van der Waals surface area (Å²) in [4.78, 5) is 0. The first-order valence-corrected chi connectivity index (χ1v) is 8.40. The Balaban J connectivity index is 2.56. The number of benzene rings is 1. The molecule has 0 fully saturated rings. The lowest BCUT2D eigenvalue weighted by Crippen LogP contribution is -2.22. The maximum atomic E-state index is 11.7. The molecule has 1 rings (SSSR count). The Labute approximate surface area is 117 Å². The van der Waals surface area contributed by atoms with Crippen LogP contribution in [-0.4, -0.2) is 26.0 Å². The lowest BCUT2D eigenvalue weighted by atomic mass is 9.87. The van der Waals surface area contributed by atoms with Crippen molar-refractivity contribution >= 4 is 15.5 Å². The van der Waals surface area contributed by atoms with Crippen LogP contribution in [0.3, 0.4) is 0 Å². The largest absolute Gasteiger partial charge is 0.384 e. The van der Waals surface area contributed by atoms with Gasteiger partial charge in [-0.25, -0.2) is 8.42 Å². The molecule has 3 nitrogen and oxygen atoms in total. The van der Waals surface area contributed by atoms with Crippen LogP contribution in [0, 0.1) is 0 Å². The minimum atomic E-state index is -2.96. The van der Waals surface area contributed by atoms with Gasteiger partial charge < -0.3 is 5.32 Å². The number of hydrogen-bond acceptors (Lipinski definition) is 3. The summed E-state index contributed by atoms with van der Waals surface area (Å²) < 4.78 is 23.3. The topological polar surface area (TPSA) is 46.2 Å². The maximum Gasteiger partial charge on any atom is 0.154 e. The fourth-order valence-corrected chi connectivity index (χ4v) is 2.52. The highest BCUT2D eigenvalue weighted by Crippen LogP contribution is 2.23. The molecule has 1 N–H and O–H groups in total. The molecule has 0 bridgehead atoms. The van der Waals surface area contributed by atoms with E-state index in [1.54, 1.807) is 13.8 Å². The summed E-state index contributed by atoms with van der Waals surface area (Å²) in [5.74, 6) is 0.172. The molecule has 0 aliphatic heterocycles. The van der Waals surface area contributed by atoms with E-state index in [-0.39, 0.29) is 16.4 Å². The van der Waals surface area contributed by atoms with E-state index in [4.69, 9.17) is 0 Å². The normalized spacial score (nSPS) is 12.7. The number of sulfone groups is 1. The van der Waals surface area contributed by atoms with Crippen molar-refractivity contribution in [3.8, 4) is 0 Å². The van der Waals surface area contributed by atoms with Crippen LogP contribution < -0.4 is 5.32 Å². The van der Waals surface area contributed by atoms with Crippen LogP contribution in [0.2, 0.25) is 0 Å². The van der Waals surface area contributed by atoms with Gasteiger partial charge in [0.1, 0.15) is 0 Å². The molecule has 108 valence electrons. The van der Waals surface area contributed by atoms with E-state index in [1.165, 1.54) is 5.56 Å². The molecule has 0 aliphatic carbocycles. The van der Waals surface area contributed by atoms with Crippen LogP contribution in [0.4, 0.5) is 5.69 Å². The minimum Gasteiger partial charge on any atom is -0.384 e. The quantitative estimate of drug-likeness (QED) is 0.902. The van der Waals surface area contributed by atoms with Gasteiger partial charge in [0.05, 0.1) is 11.0 Å². The molecule has 0 saturated carbocycles. The molecule has 0 radical (unpaired) electrons. The average molecular weight is 283 g/mol. The van der Waals surface area contributed by atoms with Crippen LogP contribution in [0.5, 0.6) is 0 Å². The molecule has 0 spiro atoms. The van der Waals surface area contributed by atoms with Gasteiger partial charge >= 0.3 is 0 Å². The zero-order valence-electron chi connectivity index (χ0n) is 12.5. The van der Waals surface area contributed by atoms with Crippen molar-refractivity contribution in [2.45, 2.75) is 45.3 Å². The van der Waals surface area contributed by atoms with Crippen LogP contribution in [0.15, 0.2) is 24.3 Å². The van der Waals surface area contributed by atoms with Crippen LogP contribution in [-0.2, 0) is 15.3 Å². The Hall–Kier alpha value is -1.03. The zero-order valence-corrected chi connectivity index (χ0v) is 13.3. The van der Waals surface area contributed by atoms with E-state index < -0.39 is 9.84 Å². The smallest absolute Gasteiger partial charge is 0.154 e. The van der Waals surface area contributed by atoms with Gasteiger partial charge in [0.25, 0.3) is 0 Å². The lowest BCUT2D eigenvalue weighted by molar-refractivity contribution is 0.588. The highest BCUT2D eigenvalue weighted by Gasteiger charge is 2.15. The average Bonchev–Trinajstić information content (AvgIpc) is 2.28. The van der Waals surface area contributed by atoms with Gasteiger partial charge in [-0.2, -0.15) is 0 Å². The number of anilines is 1. The van der Waals surface area contributed by atoms with E-state index >= 15 is 0 Å². The Kier molecular flexibility index (Phi) is 5.02. The summed E-state index contributed by atoms with van der Waals surface area (Å²) in [6.45, 7) is 10.4. The van der Waals surface area contributed by atoms with Crippen molar-refractivity contribution in [2.75, 3.05) is 17.6 Å². The molecule has 0 atom stereocenters. The molecule has 0 aromatic heterocycles. The Morgan fingerprint density at radius 3 is 2.05 bits per heavy atom. The molecule has 0 unspecified atom stereocenters. The first-order valence-electron chi connectivity index (χ1n) is 6.69. The summed E-state index contributed by atoms with van der Waals surface area (Å²) in [6, 6.07) is 8.17. The second-order valence-corrected chi connectivity index (χ2v) is 8.85. The molecule has 0 amide bonds. The van der Waals surface area contributed by atoms with E-state index in [9.17, 15) is 8.42 Å². The van der Waals surface area contributed by atoms with E-state index in [1.807, 2.05) is 12.1 Å². The highest BCUT2D eigenvalue weighted by molar-refractivity contribution is 7.92. The van der Waals surface area contributed by atoms with Gasteiger partial charge in [-0.1, -0.05) is 32.9 Å². The van der Waals surface area contributed by atoms with Gasteiger partial charge in [0.15, 0.2) is 9.84 Å². The van der Waals surface area contributed by atoms with E-state index in [2.05, 4.69) is 38.2 Å². The molecule has 0 saturated heterocycles. The predicted octanol–water partition coefficient (Wildman–Crippen LogP) is 3.22. The number of rotatable bonds is 5. The Bertz CT molecular complexity index is 496. The van der Waals surface area contributed by atoms with E-state index in [0.29, 0.717) is 6.54 Å². The third kappa shape index (κ3) is 4.86. The summed E-state index contributed by atoms with van der Waals surface area (Å²) in [6.07, 6.45) is 0. The lowest BCUT2D eigenvalue weighted by Gasteiger charge is -2.19. The third-order valence-corrected chi connectivity index (χ3v) is 5.39. The van der Waals surface area contributed by atoms with E-state index in [0.717, 1.165) is 5.69 Å². The van der Waals surface area contributed by atoms with Gasteiger partial charge in [0.2, 0.25) is 0 Å². The van der Waals surface area contributed by atoms with Crippen molar-refractivity contribution in [1.82, 2.24) is 0 Å². The minimum absolute atomic E-state index is 0.138. The molecule has 4 heteroatoms. The van der Waals surface area contributed by atoms with Crippen LogP contribution in [0.25, 0.3) is 0 Å². The zero-order chi connectivity index (χ0) is 14.7. The first kappa shape index (κ1) is 16.0. The highest BCUT2D eigenvalue weighted by atomic mass is 32.2. The molecule has 19 heavy (non-hydrogen) atoms. The summed E-state index contributed by atoms with van der Waals surface area (Å²) in [7, 11) is -2.96. The first-order chi connectivity index (χ1) is 8.63. The van der Waals surface area contributed by atoms with Crippen molar-refractivity contribution < 1.29 is 8.42 Å². The van der Waals surface area contributed by atoms with Crippen molar-refractivity contribution in [3.63, 3.8) is 0 Å². The van der Waals surface area contributed by atoms with Gasteiger partial charge in [-0.05, 0) is 37.0 Å². The van der Waals surface area contributed by atoms with Crippen molar-refractivity contribution in [3.05, 3.63) is 29.8 Å². The summed E-state index contributed by atoms with van der Waals surface area (Å²) in [5.41, 5.74) is 2.37. The van der Waals surface area contributed by atoms with Crippen LogP contribution >= 0.6 is 0 Å². The summed E-state index contributed by atoms with van der Waals surface area (Å²) in [5, 5.41) is 2.85. The van der Waals surface area contributed by atoms with Gasteiger partial charge in [0, 0.05) is 12.2 Å². The molecule has 0 heterocycles. The van der Waals surface area contributed by atoms with Crippen molar-refractivity contribution in [1.29, 1.82) is 0 Å². The second kappa shape index (κ2) is 5.95. The fraction of sp³-hybridized carbons (Fsp3) is 0.600. The standard InChI is InChI=1S/C15H25NO2S/c1-12(2)19(17,18)11-10-16-14-8-6-13(7-9-14)15(3,4)5/h6-9,12,16H,10-11H2,1-5H3. The molecule has 1 aromatic carbocycles. The van der Waals surface area contributed by atoms with Crippen LogP contribution in [0.1, 0.15) is 40.2 Å². The maximum absolute atomic E-state index is 11.7. The molecular formula is C15H25NO2S. The Morgan fingerprint density at radius 2 is 1.63 bits per heavy atom. The predicted molar refractivity (Wildman–Crippen MR) is 82.6 cm³/mol. The van der Waals surface area contributed by atoms with Crippen molar-refractivity contribution in [2.24, 2.45) is 0 Å². The summed E-state index contributed by atoms with van der Waals surface area (Å²) >= 11 is 0. The number of hydrogen-bond donors (Lipinski definition) is 1. The SMILES string of the molecule is CC(C)S(=O)(=O)CCNc1ccc(C(C)(C)C)cc1. The Morgan fingerprint density at radius 1 is 1.11 bits per heavy atom. The fourth-order valence-electron chi connectivity index (χ4n) is 1.66. The molecule has 0 aliphatic rings. The molecular weight excluding hydrogens is 258 g/mol. The molecule has 1 aromatic rings. The third-order valence-electron chi connectivity index (χ3n) is 3.18. The van der Waals surface area contributed by atoms with Gasteiger partial charge in [-0.15, -0.1) is 0 Å².